The van der Waals surface area contributed by atoms with Crippen LogP contribution in [-0.2, 0) is 7.05 Å². The number of nitriles is 1. The number of nitrogens with zero attached hydrogens (tertiary/aromatic N) is 3. The smallest absolute Gasteiger partial charge is 0.103 e. The van der Waals surface area contributed by atoms with Gasteiger partial charge in [0, 0.05) is 13.0 Å². The summed E-state index contributed by atoms with van der Waals surface area (Å²) in [5.74, 6) is 5.11. The summed E-state index contributed by atoms with van der Waals surface area (Å²) < 4.78 is 1.94. The van der Waals surface area contributed by atoms with E-state index in [-0.39, 0.29) is 0 Å². The second-order valence-corrected chi connectivity index (χ2v) is 7.48. The van der Waals surface area contributed by atoms with E-state index in [1.807, 2.05) is 11.7 Å². The van der Waals surface area contributed by atoms with Crippen molar-refractivity contribution in [3.05, 3.63) is 17.5 Å². The van der Waals surface area contributed by atoms with E-state index in [4.69, 9.17) is 0 Å². The van der Waals surface area contributed by atoms with Gasteiger partial charge in [0.15, 0.2) is 0 Å². The molecule has 106 valence electrons. The van der Waals surface area contributed by atoms with Gasteiger partial charge in [0.25, 0.3) is 0 Å². The Labute approximate surface area is 121 Å². The number of rotatable bonds is 2. The Morgan fingerprint density at radius 3 is 2.35 bits per heavy atom. The second-order valence-electron chi connectivity index (χ2n) is 7.48. The fourth-order valence-corrected chi connectivity index (χ4v) is 6.04. The predicted molar refractivity (Wildman–Crippen MR) is 76.9 cm³/mol. The quantitative estimate of drug-likeness (QED) is 0.825. The molecule has 0 amide bonds. The van der Waals surface area contributed by atoms with Gasteiger partial charge in [0.2, 0.25) is 0 Å². The fourth-order valence-electron chi connectivity index (χ4n) is 6.04. The molecule has 20 heavy (non-hydrogen) atoms. The summed E-state index contributed by atoms with van der Waals surface area (Å²) in [4.78, 5) is 0. The third-order valence-corrected chi connectivity index (χ3v) is 6.41. The minimum absolute atomic E-state index is 0.479. The van der Waals surface area contributed by atoms with Crippen molar-refractivity contribution in [3.63, 3.8) is 0 Å². The Morgan fingerprint density at radius 2 is 1.80 bits per heavy atom. The molecule has 1 atom stereocenters. The van der Waals surface area contributed by atoms with Crippen molar-refractivity contribution >= 4 is 0 Å². The SMILES string of the molecule is CC(c1c(C#N)cnn1C)C1C2CC3CC(C2)CC1C3. The van der Waals surface area contributed by atoms with E-state index in [9.17, 15) is 5.26 Å². The van der Waals surface area contributed by atoms with Gasteiger partial charge in [-0.2, -0.15) is 10.4 Å². The van der Waals surface area contributed by atoms with Gasteiger partial charge in [-0.15, -0.1) is 0 Å². The Hall–Kier alpha value is -1.30. The van der Waals surface area contributed by atoms with Crippen LogP contribution in [0.25, 0.3) is 0 Å². The summed E-state index contributed by atoms with van der Waals surface area (Å²) in [5, 5.41) is 13.6. The highest BCUT2D eigenvalue weighted by atomic mass is 15.3. The monoisotopic (exact) mass is 269 g/mol. The van der Waals surface area contributed by atoms with E-state index in [0.29, 0.717) is 5.92 Å². The number of aryl methyl sites for hydroxylation is 1. The molecule has 0 spiro atoms. The van der Waals surface area contributed by atoms with E-state index < -0.39 is 0 Å². The minimum Gasteiger partial charge on any atom is -0.271 e. The summed E-state index contributed by atoms with van der Waals surface area (Å²) in [6.45, 7) is 2.34. The first-order chi connectivity index (χ1) is 9.67. The molecule has 4 fully saturated rings. The number of hydrogen-bond acceptors (Lipinski definition) is 2. The summed E-state index contributed by atoms with van der Waals surface area (Å²) in [5.41, 5.74) is 1.96. The van der Waals surface area contributed by atoms with E-state index >= 15 is 0 Å². The van der Waals surface area contributed by atoms with Crippen LogP contribution >= 0.6 is 0 Å². The molecule has 1 heterocycles. The first-order valence-corrected chi connectivity index (χ1v) is 8.09. The van der Waals surface area contributed by atoms with Crippen LogP contribution < -0.4 is 0 Å². The molecule has 0 aromatic carbocycles. The lowest BCUT2D eigenvalue weighted by atomic mass is 9.49. The standard InChI is InChI=1S/C17H23N3/c1-10(17-15(8-18)9-19-20(17)2)16-13-4-11-3-12(6-13)7-14(16)5-11/h9-14,16H,3-7H2,1-2H3. The maximum absolute atomic E-state index is 9.33. The van der Waals surface area contributed by atoms with Gasteiger partial charge in [-0.05, 0) is 61.7 Å². The predicted octanol–water partition coefficient (Wildman–Crippen LogP) is 3.47. The normalized spacial score (nSPS) is 39.8. The molecular formula is C17H23N3. The Kier molecular flexibility index (Phi) is 2.70. The molecule has 1 unspecified atom stereocenters. The summed E-state index contributed by atoms with van der Waals surface area (Å²) in [6.07, 6.45) is 9.03. The Balaban J connectivity index is 1.67. The molecule has 1 aromatic rings. The summed E-state index contributed by atoms with van der Waals surface area (Å²) >= 11 is 0. The molecule has 4 bridgehead atoms. The van der Waals surface area contributed by atoms with Gasteiger partial charge in [-0.1, -0.05) is 6.92 Å². The molecule has 1 aromatic heterocycles. The van der Waals surface area contributed by atoms with Crippen molar-refractivity contribution in [3.8, 4) is 6.07 Å². The largest absolute Gasteiger partial charge is 0.271 e. The van der Waals surface area contributed by atoms with Crippen molar-refractivity contribution in [2.45, 2.75) is 44.9 Å². The lowest BCUT2D eigenvalue weighted by molar-refractivity contribution is -0.0464. The molecule has 3 nitrogen and oxygen atoms in total. The highest BCUT2D eigenvalue weighted by Crippen LogP contribution is 2.59. The van der Waals surface area contributed by atoms with Crippen LogP contribution in [-0.4, -0.2) is 9.78 Å². The van der Waals surface area contributed by atoms with Gasteiger partial charge in [-0.25, -0.2) is 0 Å². The van der Waals surface area contributed by atoms with Crippen molar-refractivity contribution in [1.29, 1.82) is 5.26 Å². The van der Waals surface area contributed by atoms with Gasteiger partial charge in [-0.3, -0.25) is 4.68 Å². The highest BCUT2D eigenvalue weighted by molar-refractivity contribution is 5.34. The molecule has 0 N–H and O–H groups in total. The molecule has 4 aliphatic carbocycles. The highest BCUT2D eigenvalue weighted by Gasteiger charge is 2.50. The maximum Gasteiger partial charge on any atom is 0.103 e. The van der Waals surface area contributed by atoms with Crippen molar-refractivity contribution in [2.75, 3.05) is 0 Å². The molecule has 4 saturated carbocycles. The molecular weight excluding hydrogens is 246 g/mol. The fraction of sp³-hybridized carbons (Fsp3) is 0.765. The lowest BCUT2D eigenvalue weighted by Crippen LogP contribution is -2.47. The topological polar surface area (TPSA) is 41.6 Å². The van der Waals surface area contributed by atoms with Crippen LogP contribution in [0.5, 0.6) is 0 Å². The Morgan fingerprint density at radius 1 is 1.20 bits per heavy atom. The first-order valence-electron chi connectivity index (χ1n) is 8.09. The van der Waals surface area contributed by atoms with Crippen LogP contribution in [0, 0.1) is 40.9 Å². The molecule has 0 radical (unpaired) electrons. The molecule has 3 heteroatoms. The Bertz CT molecular complexity index is 537. The van der Waals surface area contributed by atoms with Gasteiger partial charge < -0.3 is 0 Å². The zero-order chi connectivity index (χ0) is 13.9. The zero-order valence-corrected chi connectivity index (χ0v) is 12.4. The van der Waals surface area contributed by atoms with Crippen LogP contribution in [0.2, 0.25) is 0 Å². The van der Waals surface area contributed by atoms with E-state index in [1.54, 1.807) is 6.20 Å². The number of hydrogen-bond donors (Lipinski definition) is 0. The van der Waals surface area contributed by atoms with Gasteiger partial charge >= 0.3 is 0 Å². The molecule has 5 rings (SSSR count). The van der Waals surface area contributed by atoms with Gasteiger partial charge in [0.05, 0.1) is 17.5 Å². The second kappa shape index (κ2) is 4.35. The minimum atomic E-state index is 0.479. The van der Waals surface area contributed by atoms with Crippen LogP contribution in [0.1, 0.15) is 56.2 Å². The summed E-state index contributed by atoms with van der Waals surface area (Å²) in [6, 6.07) is 2.34. The van der Waals surface area contributed by atoms with E-state index in [0.717, 1.165) is 35.2 Å². The molecule has 4 aliphatic rings. The average Bonchev–Trinajstić information content (AvgIpc) is 2.78. The van der Waals surface area contributed by atoms with E-state index in [1.165, 1.54) is 37.8 Å². The van der Waals surface area contributed by atoms with E-state index in [2.05, 4.69) is 18.1 Å². The van der Waals surface area contributed by atoms with Gasteiger partial charge in [0.1, 0.15) is 6.07 Å². The lowest BCUT2D eigenvalue weighted by Gasteiger charge is -2.56. The maximum atomic E-state index is 9.33. The summed E-state index contributed by atoms with van der Waals surface area (Å²) in [7, 11) is 1.99. The number of aromatic nitrogens is 2. The van der Waals surface area contributed by atoms with Crippen molar-refractivity contribution in [2.24, 2.45) is 36.6 Å². The third kappa shape index (κ3) is 1.67. The third-order valence-electron chi connectivity index (χ3n) is 6.41. The molecule has 0 saturated heterocycles. The van der Waals surface area contributed by atoms with Crippen LogP contribution in [0.4, 0.5) is 0 Å². The van der Waals surface area contributed by atoms with Crippen molar-refractivity contribution < 1.29 is 0 Å². The van der Waals surface area contributed by atoms with Crippen LogP contribution in [0.15, 0.2) is 6.20 Å². The average molecular weight is 269 g/mol. The molecule has 0 aliphatic heterocycles. The van der Waals surface area contributed by atoms with Crippen LogP contribution in [0.3, 0.4) is 0 Å². The van der Waals surface area contributed by atoms with Crippen molar-refractivity contribution in [1.82, 2.24) is 9.78 Å². The first kappa shape index (κ1) is 12.4. The zero-order valence-electron chi connectivity index (χ0n) is 12.4.